The molecule has 0 aliphatic carbocycles. The molecule has 96 valence electrons. The van der Waals surface area contributed by atoms with Gasteiger partial charge in [0.2, 0.25) is 5.91 Å². The summed E-state index contributed by atoms with van der Waals surface area (Å²) in [7, 11) is 0. The fourth-order valence-electron chi connectivity index (χ4n) is 2.45. The van der Waals surface area contributed by atoms with Gasteiger partial charge >= 0.3 is 0 Å². The van der Waals surface area contributed by atoms with Crippen molar-refractivity contribution in [1.82, 2.24) is 0 Å². The van der Waals surface area contributed by atoms with E-state index in [1.165, 1.54) is 5.56 Å². The van der Waals surface area contributed by atoms with Gasteiger partial charge in [-0.05, 0) is 23.3 Å². The number of amides is 1. The molecule has 1 amide bonds. The lowest BCUT2D eigenvalue weighted by molar-refractivity contribution is -0.117. The van der Waals surface area contributed by atoms with Gasteiger partial charge in [-0.15, -0.1) is 0 Å². The van der Waals surface area contributed by atoms with Crippen LogP contribution in [-0.2, 0) is 4.79 Å². The molecule has 1 fully saturated rings. The Bertz CT molecular complexity index is 577. The van der Waals surface area contributed by atoms with Crippen LogP contribution in [0.25, 0.3) is 11.1 Å². The lowest BCUT2D eigenvalue weighted by Crippen LogP contribution is -2.27. The van der Waals surface area contributed by atoms with Crippen molar-refractivity contribution >= 4 is 11.6 Å². The van der Waals surface area contributed by atoms with Crippen molar-refractivity contribution in [2.24, 2.45) is 5.73 Å². The van der Waals surface area contributed by atoms with Gasteiger partial charge in [-0.3, -0.25) is 4.79 Å². The first kappa shape index (κ1) is 11.9. The van der Waals surface area contributed by atoms with E-state index < -0.39 is 0 Å². The van der Waals surface area contributed by atoms with Gasteiger partial charge in [0.15, 0.2) is 0 Å². The highest BCUT2D eigenvalue weighted by Crippen LogP contribution is 2.25. The molecule has 2 aromatic carbocycles. The Morgan fingerprint density at radius 1 is 0.947 bits per heavy atom. The second-order valence-corrected chi connectivity index (χ2v) is 4.88. The second kappa shape index (κ2) is 4.86. The van der Waals surface area contributed by atoms with Crippen molar-refractivity contribution in [2.75, 3.05) is 11.4 Å². The SMILES string of the molecule is NC1CC(=O)N(c2ccc(-c3ccccc3)cc2)C1. The fourth-order valence-corrected chi connectivity index (χ4v) is 2.45. The van der Waals surface area contributed by atoms with Crippen LogP contribution in [0.4, 0.5) is 5.69 Å². The number of nitrogens with zero attached hydrogens (tertiary/aromatic N) is 1. The van der Waals surface area contributed by atoms with Gasteiger partial charge in [0.05, 0.1) is 0 Å². The summed E-state index contributed by atoms with van der Waals surface area (Å²) in [5.41, 5.74) is 9.07. The van der Waals surface area contributed by atoms with E-state index in [9.17, 15) is 4.79 Å². The maximum Gasteiger partial charge on any atom is 0.228 e. The predicted octanol–water partition coefficient (Wildman–Crippen LogP) is 2.42. The largest absolute Gasteiger partial charge is 0.326 e. The molecule has 0 radical (unpaired) electrons. The van der Waals surface area contributed by atoms with Crippen LogP contribution in [0, 0.1) is 0 Å². The van der Waals surface area contributed by atoms with Gasteiger partial charge < -0.3 is 10.6 Å². The highest BCUT2D eigenvalue weighted by Gasteiger charge is 2.27. The van der Waals surface area contributed by atoms with Crippen molar-refractivity contribution in [2.45, 2.75) is 12.5 Å². The molecule has 2 aromatic rings. The molecule has 0 saturated carbocycles. The Balaban J connectivity index is 1.86. The number of rotatable bonds is 2. The van der Waals surface area contributed by atoms with E-state index in [-0.39, 0.29) is 11.9 Å². The fraction of sp³-hybridized carbons (Fsp3) is 0.188. The summed E-state index contributed by atoms with van der Waals surface area (Å²) in [4.78, 5) is 13.5. The van der Waals surface area contributed by atoms with E-state index in [0.29, 0.717) is 13.0 Å². The van der Waals surface area contributed by atoms with Crippen molar-refractivity contribution in [1.29, 1.82) is 0 Å². The third-order valence-electron chi connectivity index (χ3n) is 3.44. The molecular weight excluding hydrogens is 236 g/mol. The predicted molar refractivity (Wildman–Crippen MR) is 76.8 cm³/mol. The molecule has 1 aliphatic heterocycles. The summed E-state index contributed by atoms with van der Waals surface area (Å²) in [6, 6.07) is 18.2. The number of hydrogen-bond donors (Lipinski definition) is 1. The number of carbonyl (C=O) groups is 1. The Labute approximate surface area is 112 Å². The highest BCUT2D eigenvalue weighted by atomic mass is 16.2. The smallest absolute Gasteiger partial charge is 0.228 e. The molecule has 3 rings (SSSR count). The molecule has 1 aliphatic rings. The molecule has 1 unspecified atom stereocenters. The first-order valence-corrected chi connectivity index (χ1v) is 6.45. The second-order valence-electron chi connectivity index (χ2n) is 4.88. The van der Waals surface area contributed by atoms with E-state index in [1.807, 2.05) is 42.5 Å². The third kappa shape index (κ3) is 2.37. The molecule has 0 spiro atoms. The first-order valence-electron chi connectivity index (χ1n) is 6.45. The van der Waals surface area contributed by atoms with Gasteiger partial charge in [-0.1, -0.05) is 42.5 Å². The summed E-state index contributed by atoms with van der Waals surface area (Å²) in [5.74, 6) is 0.111. The minimum atomic E-state index is -0.0405. The van der Waals surface area contributed by atoms with Gasteiger partial charge in [0.25, 0.3) is 0 Å². The average Bonchev–Trinajstić information content (AvgIpc) is 2.79. The van der Waals surface area contributed by atoms with E-state index in [2.05, 4.69) is 12.1 Å². The van der Waals surface area contributed by atoms with Gasteiger partial charge in [0, 0.05) is 24.7 Å². The Kier molecular flexibility index (Phi) is 3.05. The van der Waals surface area contributed by atoms with Crippen molar-refractivity contribution < 1.29 is 4.79 Å². The number of carbonyl (C=O) groups excluding carboxylic acids is 1. The van der Waals surface area contributed by atoms with Crippen LogP contribution in [0.1, 0.15) is 6.42 Å². The molecule has 3 nitrogen and oxygen atoms in total. The Hall–Kier alpha value is -2.13. The minimum Gasteiger partial charge on any atom is -0.326 e. The monoisotopic (exact) mass is 252 g/mol. The quantitative estimate of drug-likeness (QED) is 0.892. The molecule has 1 atom stereocenters. The molecule has 0 bridgehead atoms. The number of anilines is 1. The van der Waals surface area contributed by atoms with E-state index in [1.54, 1.807) is 4.90 Å². The van der Waals surface area contributed by atoms with Crippen LogP contribution >= 0.6 is 0 Å². The topological polar surface area (TPSA) is 46.3 Å². The van der Waals surface area contributed by atoms with Crippen molar-refractivity contribution in [3.05, 3.63) is 54.6 Å². The Morgan fingerprint density at radius 2 is 1.58 bits per heavy atom. The molecule has 3 heteroatoms. The lowest BCUT2D eigenvalue weighted by Gasteiger charge is -2.16. The van der Waals surface area contributed by atoms with Crippen LogP contribution < -0.4 is 10.6 Å². The standard InChI is InChI=1S/C16H16N2O/c17-14-10-16(19)18(11-14)15-8-6-13(7-9-15)12-4-2-1-3-5-12/h1-9,14H,10-11,17H2. The third-order valence-corrected chi connectivity index (χ3v) is 3.44. The molecule has 1 heterocycles. The summed E-state index contributed by atoms with van der Waals surface area (Å²) in [6.45, 7) is 0.615. The molecule has 0 aromatic heterocycles. The summed E-state index contributed by atoms with van der Waals surface area (Å²) < 4.78 is 0. The van der Waals surface area contributed by atoms with Crippen LogP contribution in [0.5, 0.6) is 0 Å². The molecule has 19 heavy (non-hydrogen) atoms. The van der Waals surface area contributed by atoms with Crippen molar-refractivity contribution in [3.8, 4) is 11.1 Å². The Morgan fingerprint density at radius 3 is 2.16 bits per heavy atom. The van der Waals surface area contributed by atoms with Crippen LogP contribution in [-0.4, -0.2) is 18.5 Å². The van der Waals surface area contributed by atoms with Gasteiger partial charge in [-0.2, -0.15) is 0 Å². The molecule has 2 N–H and O–H groups in total. The van der Waals surface area contributed by atoms with Crippen molar-refractivity contribution in [3.63, 3.8) is 0 Å². The normalized spacial score (nSPS) is 18.9. The summed E-state index contributed by atoms with van der Waals surface area (Å²) in [5, 5.41) is 0. The highest BCUT2D eigenvalue weighted by molar-refractivity contribution is 5.96. The maximum absolute atomic E-state index is 11.8. The van der Waals surface area contributed by atoms with Crippen LogP contribution in [0.3, 0.4) is 0 Å². The van der Waals surface area contributed by atoms with E-state index in [0.717, 1.165) is 11.3 Å². The zero-order chi connectivity index (χ0) is 13.2. The summed E-state index contributed by atoms with van der Waals surface area (Å²) in [6.07, 6.45) is 0.445. The number of nitrogens with two attached hydrogens (primary N) is 1. The van der Waals surface area contributed by atoms with E-state index in [4.69, 9.17) is 5.73 Å². The van der Waals surface area contributed by atoms with E-state index >= 15 is 0 Å². The van der Waals surface area contributed by atoms with Gasteiger partial charge in [-0.25, -0.2) is 0 Å². The minimum absolute atomic E-state index is 0.0405. The lowest BCUT2D eigenvalue weighted by atomic mass is 10.1. The van der Waals surface area contributed by atoms with Crippen LogP contribution in [0.2, 0.25) is 0 Å². The average molecular weight is 252 g/mol. The zero-order valence-corrected chi connectivity index (χ0v) is 10.6. The summed E-state index contributed by atoms with van der Waals surface area (Å²) >= 11 is 0. The first-order chi connectivity index (χ1) is 9.24. The van der Waals surface area contributed by atoms with Gasteiger partial charge in [0.1, 0.15) is 0 Å². The van der Waals surface area contributed by atoms with Crippen LogP contribution in [0.15, 0.2) is 54.6 Å². The number of hydrogen-bond acceptors (Lipinski definition) is 2. The molecular formula is C16H16N2O. The molecule has 1 saturated heterocycles. The maximum atomic E-state index is 11.8. The number of benzene rings is 2. The zero-order valence-electron chi connectivity index (χ0n) is 10.6.